The first-order chi connectivity index (χ1) is 7.29. The molecule has 0 radical (unpaired) electrons. The molecule has 0 aromatic heterocycles. The summed E-state index contributed by atoms with van der Waals surface area (Å²) < 4.78 is 15.9. The first-order valence-electron chi connectivity index (χ1n) is 5.14. The minimum Gasteiger partial charge on any atom is -0.466 e. The molecule has 16 heavy (non-hydrogen) atoms. The fraction of sp³-hybridized carbons (Fsp3) is 0.700. The van der Waals surface area contributed by atoms with Crippen LogP contribution in [0.25, 0.3) is 0 Å². The quantitative estimate of drug-likeness (QED) is 0.443. The average molecular weight is 250 g/mol. The van der Waals surface area contributed by atoms with Crippen LogP contribution in [-0.2, 0) is 14.1 Å². The predicted molar refractivity (Wildman–Crippen MR) is 60.8 cm³/mol. The number of hydrogen-bond acceptors (Lipinski definition) is 3. The van der Waals surface area contributed by atoms with Gasteiger partial charge in [-0.3, -0.25) is 4.57 Å². The van der Waals surface area contributed by atoms with E-state index in [0.717, 1.165) is 0 Å². The molecule has 0 rings (SSSR count). The van der Waals surface area contributed by atoms with Crippen LogP contribution in [0.5, 0.6) is 0 Å². The van der Waals surface area contributed by atoms with Crippen molar-refractivity contribution in [3.63, 3.8) is 0 Å². The standard InChI is InChI=1S/C10H19O5P/c1-5-8(6-2)9(16(12,13)14)7(3)10(11)15-4/h8H,5-6H2,1-4H3,(H2,12,13,14). The maximum absolute atomic E-state index is 11.4. The Morgan fingerprint density at radius 3 is 2.00 bits per heavy atom. The molecule has 0 heterocycles. The van der Waals surface area contributed by atoms with Gasteiger partial charge in [-0.2, -0.15) is 0 Å². The predicted octanol–water partition coefficient (Wildman–Crippen LogP) is 2.05. The summed E-state index contributed by atoms with van der Waals surface area (Å²) in [6.45, 7) is 5.04. The van der Waals surface area contributed by atoms with Gasteiger partial charge in [0.1, 0.15) is 0 Å². The van der Waals surface area contributed by atoms with Gasteiger partial charge in [0.25, 0.3) is 0 Å². The Labute approximate surface area is 95.7 Å². The molecule has 0 atom stereocenters. The molecule has 0 aliphatic rings. The smallest absolute Gasteiger partial charge is 0.353 e. The third kappa shape index (κ3) is 3.74. The summed E-state index contributed by atoms with van der Waals surface area (Å²) in [5, 5.41) is -0.0932. The minimum atomic E-state index is -4.41. The van der Waals surface area contributed by atoms with E-state index in [1.165, 1.54) is 14.0 Å². The van der Waals surface area contributed by atoms with Crippen molar-refractivity contribution in [1.29, 1.82) is 0 Å². The molecular formula is C10H19O5P. The van der Waals surface area contributed by atoms with Gasteiger partial charge in [-0.15, -0.1) is 0 Å². The van der Waals surface area contributed by atoms with Crippen molar-refractivity contribution in [3.05, 3.63) is 10.9 Å². The van der Waals surface area contributed by atoms with Gasteiger partial charge in [0.2, 0.25) is 0 Å². The molecule has 0 spiro atoms. The highest BCUT2D eigenvalue weighted by molar-refractivity contribution is 7.56. The molecule has 5 nitrogen and oxygen atoms in total. The van der Waals surface area contributed by atoms with Gasteiger partial charge in [-0.05, 0) is 25.7 Å². The fourth-order valence-electron chi connectivity index (χ4n) is 1.70. The Balaban J connectivity index is 5.58. The number of allylic oxidation sites excluding steroid dienone is 1. The zero-order valence-corrected chi connectivity index (χ0v) is 11.0. The molecule has 6 heteroatoms. The molecule has 0 bridgehead atoms. The molecule has 0 fully saturated rings. The highest BCUT2D eigenvalue weighted by Gasteiger charge is 2.31. The zero-order valence-electron chi connectivity index (χ0n) is 10.1. The highest BCUT2D eigenvalue weighted by Crippen LogP contribution is 2.52. The number of esters is 1. The van der Waals surface area contributed by atoms with Crippen LogP contribution >= 0.6 is 7.60 Å². The van der Waals surface area contributed by atoms with Gasteiger partial charge >= 0.3 is 13.6 Å². The number of ether oxygens (including phenoxy) is 1. The van der Waals surface area contributed by atoms with Crippen molar-refractivity contribution in [3.8, 4) is 0 Å². The second-order valence-electron chi connectivity index (χ2n) is 3.56. The summed E-state index contributed by atoms with van der Waals surface area (Å²) in [6, 6.07) is 0. The second kappa shape index (κ2) is 6.18. The summed E-state index contributed by atoms with van der Waals surface area (Å²) >= 11 is 0. The number of rotatable bonds is 5. The summed E-state index contributed by atoms with van der Waals surface area (Å²) in [4.78, 5) is 29.9. The van der Waals surface area contributed by atoms with E-state index < -0.39 is 13.6 Å². The van der Waals surface area contributed by atoms with E-state index >= 15 is 0 Å². The van der Waals surface area contributed by atoms with Crippen LogP contribution < -0.4 is 0 Å². The van der Waals surface area contributed by atoms with Crippen molar-refractivity contribution < 1.29 is 23.9 Å². The molecule has 0 aromatic carbocycles. The highest BCUT2D eigenvalue weighted by atomic mass is 31.2. The van der Waals surface area contributed by atoms with Gasteiger partial charge in [-0.25, -0.2) is 4.79 Å². The fourth-order valence-corrected chi connectivity index (χ4v) is 3.06. The normalized spacial score (nSPS) is 13.7. The van der Waals surface area contributed by atoms with Gasteiger partial charge in [0, 0.05) is 5.57 Å². The molecule has 0 aliphatic carbocycles. The summed E-state index contributed by atoms with van der Waals surface area (Å²) in [6.07, 6.45) is 1.15. The maximum Gasteiger partial charge on any atom is 0.353 e. The molecule has 0 saturated carbocycles. The van der Waals surface area contributed by atoms with E-state index in [2.05, 4.69) is 4.74 Å². The number of carbonyl (C=O) groups is 1. The second-order valence-corrected chi connectivity index (χ2v) is 5.13. The minimum absolute atomic E-state index is 0.0181. The van der Waals surface area contributed by atoms with Gasteiger partial charge in [0.15, 0.2) is 0 Å². The van der Waals surface area contributed by atoms with E-state index in [4.69, 9.17) is 0 Å². The van der Waals surface area contributed by atoms with Crippen LogP contribution in [0.3, 0.4) is 0 Å². The van der Waals surface area contributed by atoms with Crippen LogP contribution in [0.15, 0.2) is 10.9 Å². The van der Waals surface area contributed by atoms with Gasteiger partial charge in [-0.1, -0.05) is 13.8 Å². The first kappa shape index (κ1) is 15.4. The number of hydrogen-bond donors (Lipinski definition) is 2. The topological polar surface area (TPSA) is 83.8 Å². The molecule has 0 unspecified atom stereocenters. The van der Waals surface area contributed by atoms with Crippen molar-refractivity contribution >= 4 is 13.6 Å². The lowest BCUT2D eigenvalue weighted by Gasteiger charge is -2.20. The third-order valence-electron chi connectivity index (χ3n) is 2.56. The molecular weight excluding hydrogens is 231 g/mol. The molecule has 2 N–H and O–H groups in total. The SMILES string of the molecule is CCC(CC)C(=C(C)C(=O)OC)P(=O)(O)O. The Morgan fingerprint density at radius 1 is 1.31 bits per heavy atom. The maximum atomic E-state index is 11.4. The van der Waals surface area contributed by atoms with E-state index in [-0.39, 0.29) is 16.8 Å². The molecule has 0 saturated heterocycles. The average Bonchev–Trinajstić information content (AvgIpc) is 2.21. The lowest BCUT2D eigenvalue weighted by molar-refractivity contribution is -0.136. The van der Waals surface area contributed by atoms with Gasteiger partial charge in [0.05, 0.1) is 12.4 Å². The Bertz CT molecular complexity index is 324. The lowest BCUT2D eigenvalue weighted by Crippen LogP contribution is -2.11. The molecule has 0 aliphatic heterocycles. The number of carbonyl (C=O) groups excluding carboxylic acids is 1. The van der Waals surface area contributed by atoms with Gasteiger partial charge < -0.3 is 14.5 Å². The van der Waals surface area contributed by atoms with Crippen molar-refractivity contribution in [1.82, 2.24) is 0 Å². The Hall–Kier alpha value is -0.640. The third-order valence-corrected chi connectivity index (χ3v) is 3.89. The molecule has 0 amide bonds. The van der Waals surface area contributed by atoms with Crippen LogP contribution in [0.4, 0.5) is 0 Å². The van der Waals surface area contributed by atoms with Crippen LogP contribution in [0.1, 0.15) is 33.6 Å². The van der Waals surface area contributed by atoms with Crippen LogP contribution in [-0.4, -0.2) is 22.9 Å². The summed E-state index contributed by atoms with van der Waals surface area (Å²) in [5.74, 6) is -0.981. The Morgan fingerprint density at radius 2 is 1.75 bits per heavy atom. The lowest BCUT2D eigenvalue weighted by atomic mass is 10.00. The summed E-state index contributed by atoms with van der Waals surface area (Å²) in [7, 11) is -3.22. The summed E-state index contributed by atoms with van der Waals surface area (Å²) in [5.41, 5.74) is 0.0181. The van der Waals surface area contributed by atoms with Crippen molar-refractivity contribution in [2.45, 2.75) is 33.6 Å². The van der Waals surface area contributed by atoms with E-state index in [1.54, 1.807) is 0 Å². The monoisotopic (exact) mass is 250 g/mol. The Kier molecular flexibility index (Phi) is 5.94. The van der Waals surface area contributed by atoms with E-state index in [0.29, 0.717) is 12.8 Å². The van der Waals surface area contributed by atoms with E-state index in [1.807, 2.05) is 13.8 Å². The van der Waals surface area contributed by atoms with E-state index in [9.17, 15) is 19.1 Å². The molecule has 94 valence electrons. The van der Waals surface area contributed by atoms with Crippen molar-refractivity contribution in [2.24, 2.45) is 5.92 Å². The van der Waals surface area contributed by atoms with Crippen LogP contribution in [0, 0.1) is 5.92 Å². The molecule has 0 aromatic rings. The van der Waals surface area contributed by atoms with Crippen LogP contribution in [0.2, 0.25) is 0 Å². The number of methoxy groups -OCH3 is 1. The van der Waals surface area contributed by atoms with Crippen molar-refractivity contribution in [2.75, 3.05) is 7.11 Å². The first-order valence-corrected chi connectivity index (χ1v) is 6.75. The zero-order chi connectivity index (χ0) is 12.9. The largest absolute Gasteiger partial charge is 0.466 e.